The molecule has 18 heavy (non-hydrogen) atoms. The van der Waals surface area contributed by atoms with Gasteiger partial charge < -0.3 is 0 Å². The van der Waals surface area contributed by atoms with Crippen molar-refractivity contribution in [3.05, 3.63) is 41.5 Å². The van der Waals surface area contributed by atoms with Gasteiger partial charge in [0.1, 0.15) is 10.7 Å². The minimum atomic E-state index is -3.84. The van der Waals surface area contributed by atoms with Crippen molar-refractivity contribution in [1.82, 2.24) is 10.2 Å². The number of halogens is 1. The first-order valence-corrected chi connectivity index (χ1v) is 6.69. The molecule has 0 spiro atoms. The average molecular weight is 269 g/mol. The molecule has 0 aliphatic heterocycles. The monoisotopic (exact) mass is 269 g/mol. The Balaban J connectivity index is 2.43. The molecule has 0 aliphatic carbocycles. The first-order chi connectivity index (χ1) is 8.42. The normalized spacial score (nSPS) is 11.5. The standard InChI is InChI=1S/C11H12FN3O2S/c1-7-11(8(2)14-13-7)18(16,17)15-10-6-4-3-5-9(10)12/h3-6,15H,1-2H3,(H,13,14). The molecule has 96 valence electrons. The van der Waals surface area contributed by atoms with E-state index in [0.29, 0.717) is 11.4 Å². The van der Waals surface area contributed by atoms with Crippen LogP contribution in [0.3, 0.4) is 0 Å². The number of aromatic nitrogens is 2. The highest BCUT2D eigenvalue weighted by atomic mass is 32.2. The van der Waals surface area contributed by atoms with Gasteiger partial charge in [-0.1, -0.05) is 12.1 Å². The van der Waals surface area contributed by atoms with Gasteiger partial charge in [-0.3, -0.25) is 9.82 Å². The number of para-hydroxylation sites is 1. The summed E-state index contributed by atoms with van der Waals surface area (Å²) in [6.45, 7) is 3.16. The van der Waals surface area contributed by atoms with Gasteiger partial charge in [0, 0.05) is 0 Å². The highest BCUT2D eigenvalue weighted by molar-refractivity contribution is 7.92. The molecule has 0 aliphatic rings. The molecule has 0 bridgehead atoms. The molecular weight excluding hydrogens is 257 g/mol. The molecular formula is C11H12FN3O2S. The fourth-order valence-electron chi connectivity index (χ4n) is 1.68. The number of H-pyrrole nitrogens is 1. The van der Waals surface area contributed by atoms with Gasteiger partial charge in [-0.15, -0.1) is 0 Å². The van der Waals surface area contributed by atoms with Crippen LogP contribution in [0.5, 0.6) is 0 Å². The summed E-state index contributed by atoms with van der Waals surface area (Å²) in [7, 11) is -3.84. The van der Waals surface area contributed by atoms with E-state index >= 15 is 0 Å². The van der Waals surface area contributed by atoms with Gasteiger partial charge in [0.15, 0.2) is 0 Å². The third-order valence-corrected chi connectivity index (χ3v) is 4.08. The second-order valence-electron chi connectivity index (χ2n) is 3.85. The smallest absolute Gasteiger partial charge is 0.265 e. The van der Waals surface area contributed by atoms with Crippen LogP contribution in [0.15, 0.2) is 29.2 Å². The molecule has 2 aromatic rings. The van der Waals surface area contributed by atoms with Crippen LogP contribution in [0.4, 0.5) is 10.1 Å². The second kappa shape index (κ2) is 4.41. The lowest BCUT2D eigenvalue weighted by Gasteiger charge is -2.08. The molecule has 0 radical (unpaired) electrons. The van der Waals surface area contributed by atoms with Crippen molar-refractivity contribution in [2.75, 3.05) is 4.72 Å². The van der Waals surface area contributed by atoms with Gasteiger partial charge in [-0.2, -0.15) is 5.10 Å². The third-order valence-electron chi connectivity index (χ3n) is 2.45. The van der Waals surface area contributed by atoms with E-state index in [1.54, 1.807) is 19.9 Å². The van der Waals surface area contributed by atoms with E-state index in [-0.39, 0.29) is 10.6 Å². The van der Waals surface area contributed by atoms with Crippen LogP contribution in [0.1, 0.15) is 11.4 Å². The number of sulfonamides is 1. The Labute approximate surface area is 104 Å². The van der Waals surface area contributed by atoms with Crippen LogP contribution in [-0.4, -0.2) is 18.6 Å². The highest BCUT2D eigenvalue weighted by Gasteiger charge is 2.23. The number of benzene rings is 1. The van der Waals surface area contributed by atoms with Crippen molar-refractivity contribution in [3.8, 4) is 0 Å². The minimum Gasteiger partial charge on any atom is -0.281 e. The van der Waals surface area contributed by atoms with E-state index in [1.807, 2.05) is 0 Å². The van der Waals surface area contributed by atoms with Crippen molar-refractivity contribution in [2.45, 2.75) is 18.7 Å². The topological polar surface area (TPSA) is 74.8 Å². The van der Waals surface area contributed by atoms with Gasteiger partial charge in [-0.05, 0) is 26.0 Å². The van der Waals surface area contributed by atoms with Gasteiger partial charge in [0.05, 0.1) is 17.1 Å². The number of hydrogen-bond acceptors (Lipinski definition) is 3. The van der Waals surface area contributed by atoms with Crippen molar-refractivity contribution in [1.29, 1.82) is 0 Å². The van der Waals surface area contributed by atoms with Gasteiger partial charge in [-0.25, -0.2) is 12.8 Å². The lowest BCUT2D eigenvalue weighted by molar-refractivity contribution is 0.597. The van der Waals surface area contributed by atoms with E-state index < -0.39 is 15.8 Å². The Morgan fingerprint density at radius 2 is 1.94 bits per heavy atom. The van der Waals surface area contributed by atoms with E-state index in [2.05, 4.69) is 14.9 Å². The first-order valence-electron chi connectivity index (χ1n) is 5.21. The number of hydrogen-bond donors (Lipinski definition) is 2. The Hall–Kier alpha value is -1.89. The summed E-state index contributed by atoms with van der Waals surface area (Å²) in [6, 6.07) is 5.59. The lowest BCUT2D eigenvalue weighted by Crippen LogP contribution is -2.15. The molecule has 0 saturated carbocycles. The minimum absolute atomic E-state index is 0.0470. The van der Waals surface area contributed by atoms with Crippen molar-refractivity contribution < 1.29 is 12.8 Å². The zero-order valence-electron chi connectivity index (χ0n) is 9.86. The summed E-state index contributed by atoms with van der Waals surface area (Å²) in [5, 5.41) is 6.39. The van der Waals surface area contributed by atoms with E-state index in [1.165, 1.54) is 18.2 Å². The van der Waals surface area contributed by atoms with Crippen LogP contribution in [0, 0.1) is 19.7 Å². The molecule has 1 heterocycles. The lowest BCUT2D eigenvalue weighted by atomic mass is 10.3. The zero-order chi connectivity index (χ0) is 13.3. The molecule has 1 aromatic heterocycles. The Morgan fingerprint density at radius 1 is 1.28 bits per heavy atom. The van der Waals surface area contributed by atoms with Crippen LogP contribution in [0.2, 0.25) is 0 Å². The molecule has 1 aromatic carbocycles. The molecule has 0 amide bonds. The number of anilines is 1. The average Bonchev–Trinajstić information content (AvgIpc) is 2.62. The molecule has 0 fully saturated rings. The number of rotatable bonds is 3. The van der Waals surface area contributed by atoms with Crippen LogP contribution in [-0.2, 0) is 10.0 Å². The predicted molar refractivity (Wildman–Crippen MR) is 65.3 cm³/mol. The van der Waals surface area contributed by atoms with Crippen LogP contribution < -0.4 is 4.72 Å². The summed E-state index contributed by atoms with van der Waals surface area (Å²) in [5.74, 6) is -0.625. The maximum absolute atomic E-state index is 13.4. The quantitative estimate of drug-likeness (QED) is 0.894. The van der Waals surface area contributed by atoms with E-state index in [4.69, 9.17) is 0 Å². The zero-order valence-corrected chi connectivity index (χ0v) is 10.7. The maximum Gasteiger partial charge on any atom is 0.265 e. The Morgan fingerprint density at radius 3 is 2.50 bits per heavy atom. The molecule has 0 saturated heterocycles. The number of aromatic amines is 1. The van der Waals surface area contributed by atoms with Gasteiger partial charge in [0.2, 0.25) is 0 Å². The molecule has 7 heteroatoms. The van der Waals surface area contributed by atoms with Crippen molar-refractivity contribution in [3.63, 3.8) is 0 Å². The third kappa shape index (κ3) is 2.21. The van der Waals surface area contributed by atoms with Gasteiger partial charge in [0.25, 0.3) is 10.0 Å². The van der Waals surface area contributed by atoms with E-state index in [9.17, 15) is 12.8 Å². The van der Waals surface area contributed by atoms with E-state index in [0.717, 1.165) is 0 Å². The highest BCUT2D eigenvalue weighted by Crippen LogP contribution is 2.22. The second-order valence-corrected chi connectivity index (χ2v) is 5.47. The van der Waals surface area contributed by atoms with Crippen molar-refractivity contribution >= 4 is 15.7 Å². The Bertz CT molecular complexity index is 660. The largest absolute Gasteiger partial charge is 0.281 e. The summed E-state index contributed by atoms with van der Waals surface area (Å²) in [4.78, 5) is 0.0470. The van der Waals surface area contributed by atoms with Crippen molar-refractivity contribution in [2.24, 2.45) is 0 Å². The summed E-state index contributed by atoms with van der Waals surface area (Å²) >= 11 is 0. The molecule has 2 N–H and O–H groups in total. The molecule has 2 rings (SSSR count). The van der Waals surface area contributed by atoms with Crippen LogP contribution >= 0.6 is 0 Å². The fraction of sp³-hybridized carbons (Fsp3) is 0.182. The number of nitrogens with one attached hydrogen (secondary N) is 2. The maximum atomic E-state index is 13.4. The SMILES string of the molecule is Cc1n[nH]c(C)c1S(=O)(=O)Nc1ccccc1F. The Kier molecular flexibility index (Phi) is 3.08. The summed E-state index contributed by atoms with van der Waals surface area (Å²) < 4.78 is 39.9. The first kappa shape index (κ1) is 12.6. The fourth-order valence-corrected chi connectivity index (χ4v) is 3.12. The summed E-state index contributed by atoms with van der Waals surface area (Å²) in [6.07, 6.45) is 0. The molecule has 5 nitrogen and oxygen atoms in total. The summed E-state index contributed by atoms with van der Waals surface area (Å²) in [5.41, 5.74) is 0.671. The molecule has 0 atom stereocenters. The number of nitrogens with zero attached hydrogens (tertiary/aromatic N) is 1. The predicted octanol–water partition coefficient (Wildman–Crippen LogP) is 1.97. The van der Waals surface area contributed by atoms with Crippen LogP contribution in [0.25, 0.3) is 0 Å². The number of aryl methyl sites for hydroxylation is 2. The van der Waals surface area contributed by atoms with Gasteiger partial charge >= 0.3 is 0 Å². The molecule has 0 unspecified atom stereocenters.